The minimum atomic E-state index is -0.388. The summed E-state index contributed by atoms with van der Waals surface area (Å²) in [4.78, 5) is 33.3. The number of anilines is 1. The molecule has 2 N–H and O–H groups in total. The van der Waals surface area contributed by atoms with E-state index in [9.17, 15) is 9.59 Å². The summed E-state index contributed by atoms with van der Waals surface area (Å²) in [5.41, 5.74) is 5.40. The maximum absolute atomic E-state index is 13.3. The number of aryl methyl sites for hydroxylation is 1. The Morgan fingerprint density at radius 2 is 1.97 bits per heavy atom. The van der Waals surface area contributed by atoms with Crippen molar-refractivity contribution in [1.29, 1.82) is 0 Å². The van der Waals surface area contributed by atoms with Gasteiger partial charge in [0.1, 0.15) is 6.04 Å². The summed E-state index contributed by atoms with van der Waals surface area (Å²) in [6, 6.07) is 15.4. The van der Waals surface area contributed by atoms with Crippen molar-refractivity contribution in [2.24, 2.45) is 0 Å². The van der Waals surface area contributed by atoms with Crippen molar-refractivity contribution < 1.29 is 9.59 Å². The monoisotopic (exact) mass is 402 g/mol. The number of para-hydroxylation sites is 1. The van der Waals surface area contributed by atoms with Gasteiger partial charge in [0, 0.05) is 35.4 Å². The van der Waals surface area contributed by atoms with Gasteiger partial charge in [0.15, 0.2) is 0 Å². The number of benzene rings is 2. The molecule has 2 aromatic carbocycles. The van der Waals surface area contributed by atoms with Crippen molar-refractivity contribution in [2.75, 3.05) is 18.4 Å². The van der Waals surface area contributed by atoms with Crippen molar-refractivity contribution in [2.45, 2.75) is 38.8 Å². The van der Waals surface area contributed by atoms with E-state index in [-0.39, 0.29) is 18.0 Å². The molecule has 3 aromatic rings. The third kappa shape index (κ3) is 3.32. The van der Waals surface area contributed by atoms with Gasteiger partial charge in [-0.05, 0) is 55.5 Å². The number of hydrogen-bond acceptors (Lipinski definition) is 2. The molecule has 6 nitrogen and oxygen atoms in total. The smallest absolute Gasteiger partial charge is 0.322 e. The molecule has 0 aliphatic carbocycles. The van der Waals surface area contributed by atoms with Crippen molar-refractivity contribution in [3.63, 3.8) is 0 Å². The van der Waals surface area contributed by atoms with Crippen molar-refractivity contribution in [3.05, 3.63) is 65.4 Å². The molecule has 0 bridgehead atoms. The number of nitrogens with one attached hydrogen (secondary N) is 2. The molecule has 5 rings (SSSR count). The van der Waals surface area contributed by atoms with E-state index in [0.717, 1.165) is 41.7 Å². The van der Waals surface area contributed by atoms with Crippen LogP contribution < -0.4 is 5.32 Å². The second-order valence-corrected chi connectivity index (χ2v) is 8.29. The number of fused-ring (bicyclic) bond motifs is 3. The molecule has 3 heterocycles. The zero-order valence-electron chi connectivity index (χ0n) is 17.1. The average Bonchev–Trinajstić information content (AvgIpc) is 3.37. The molecule has 2 aliphatic rings. The molecule has 3 amide bonds. The number of likely N-dealkylation sites (tertiary alicyclic amines) is 1. The molecule has 6 heteroatoms. The van der Waals surface area contributed by atoms with Crippen LogP contribution in [0.3, 0.4) is 0 Å². The van der Waals surface area contributed by atoms with Gasteiger partial charge in [0.05, 0.1) is 6.54 Å². The first-order valence-electron chi connectivity index (χ1n) is 10.6. The van der Waals surface area contributed by atoms with Crippen LogP contribution in [0.15, 0.2) is 48.5 Å². The minimum Gasteiger partial charge on any atom is -0.357 e. The Morgan fingerprint density at radius 3 is 2.83 bits per heavy atom. The second-order valence-electron chi connectivity index (χ2n) is 8.29. The van der Waals surface area contributed by atoms with Gasteiger partial charge >= 0.3 is 6.03 Å². The van der Waals surface area contributed by atoms with Crippen molar-refractivity contribution >= 4 is 28.5 Å². The van der Waals surface area contributed by atoms with E-state index in [4.69, 9.17) is 0 Å². The normalized spacial score (nSPS) is 18.5. The molecule has 1 fully saturated rings. The van der Waals surface area contributed by atoms with Gasteiger partial charge in [0.2, 0.25) is 5.91 Å². The van der Waals surface area contributed by atoms with Gasteiger partial charge in [-0.25, -0.2) is 4.79 Å². The van der Waals surface area contributed by atoms with Crippen LogP contribution in [0.5, 0.6) is 0 Å². The number of rotatable bonds is 2. The molecule has 1 aromatic heterocycles. The minimum absolute atomic E-state index is 0.0520. The van der Waals surface area contributed by atoms with Gasteiger partial charge in [-0.2, -0.15) is 0 Å². The summed E-state index contributed by atoms with van der Waals surface area (Å²) >= 11 is 0. The highest BCUT2D eigenvalue weighted by molar-refractivity contribution is 5.94. The standard InChI is InChI=1S/C24H26N4O2/c1-16-6-4-7-17(14-16)25-24(30)28-12-5-10-22(28)23(29)27-13-11-19-18-8-2-3-9-20(18)26-21(19)15-27/h2-4,6-9,14,22,26H,5,10-13,15H2,1H3,(H,25,30)/t22-/m1/s1. The quantitative estimate of drug-likeness (QED) is 0.679. The molecule has 0 spiro atoms. The Kier molecular flexibility index (Phi) is 4.69. The van der Waals surface area contributed by atoms with Crippen molar-refractivity contribution in [1.82, 2.24) is 14.8 Å². The largest absolute Gasteiger partial charge is 0.357 e. The highest BCUT2D eigenvalue weighted by Gasteiger charge is 2.37. The van der Waals surface area contributed by atoms with E-state index >= 15 is 0 Å². The van der Waals surface area contributed by atoms with Crippen LogP contribution >= 0.6 is 0 Å². The van der Waals surface area contributed by atoms with Crippen LogP contribution in [0.1, 0.15) is 29.7 Å². The third-order valence-electron chi connectivity index (χ3n) is 6.26. The van der Waals surface area contributed by atoms with E-state index in [2.05, 4.69) is 28.5 Å². The molecular weight excluding hydrogens is 376 g/mol. The molecule has 30 heavy (non-hydrogen) atoms. The van der Waals surface area contributed by atoms with Gasteiger partial charge in [-0.3, -0.25) is 4.79 Å². The maximum Gasteiger partial charge on any atom is 0.322 e. The Morgan fingerprint density at radius 1 is 1.10 bits per heavy atom. The number of urea groups is 1. The molecule has 1 atom stereocenters. The van der Waals surface area contributed by atoms with Gasteiger partial charge in [-0.1, -0.05) is 30.3 Å². The lowest BCUT2D eigenvalue weighted by atomic mass is 10.0. The lowest BCUT2D eigenvalue weighted by Crippen LogP contribution is -2.50. The number of carbonyl (C=O) groups is 2. The molecule has 1 saturated heterocycles. The summed E-state index contributed by atoms with van der Waals surface area (Å²) in [5.74, 6) is 0.0520. The van der Waals surface area contributed by atoms with E-state index in [0.29, 0.717) is 19.6 Å². The third-order valence-corrected chi connectivity index (χ3v) is 6.26. The number of aromatic amines is 1. The van der Waals surface area contributed by atoms with Crippen LogP contribution in [0.4, 0.5) is 10.5 Å². The van der Waals surface area contributed by atoms with Crippen LogP contribution in [0, 0.1) is 6.92 Å². The van der Waals surface area contributed by atoms with E-state index in [1.165, 1.54) is 10.9 Å². The van der Waals surface area contributed by atoms with E-state index in [1.54, 1.807) is 4.90 Å². The average molecular weight is 402 g/mol. The Bertz CT molecular complexity index is 1120. The Balaban J connectivity index is 1.31. The second kappa shape index (κ2) is 7.52. The highest BCUT2D eigenvalue weighted by Crippen LogP contribution is 2.29. The summed E-state index contributed by atoms with van der Waals surface area (Å²) in [6.07, 6.45) is 2.41. The summed E-state index contributed by atoms with van der Waals surface area (Å²) in [7, 11) is 0. The first-order chi connectivity index (χ1) is 14.6. The number of carbonyl (C=O) groups excluding carboxylic acids is 2. The maximum atomic E-state index is 13.3. The Labute approximate surface area is 175 Å². The van der Waals surface area contributed by atoms with E-state index in [1.807, 2.05) is 42.2 Å². The highest BCUT2D eigenvalue weighted by atomic mass is 16.2. The van der Waals surface area contributed by atoms with Crippen molar-refractivity contribution in [3.8, 4) is 0 Å². The van der Waals surface area contributed by atoms with Crippen LogP contribution in [-0.2, 0) is 17.8 Å². The molecule has 2 aliphatic heterocycles. The number of aromatic nitrogens is 1. The lowest BCUT2D eigenvalue weighted by Gasteiger charge is -2.32. The molecular formula is C24H26N4O2. The predicted octanol–water partition coefficient (Wildman–Crippen LogP) is 4.06. The van der Waals surface area contributed by atoms with Gasteiger partial charge in [-0.15, -0.1) is 0 Å². The first-order valence-corrected chi connectivity index (χ1v) is 10.6. The lowest BCUT2D eigenvalue weighted by molar-refractivity contribution is -0.136. The first kappa shape index (κ1) is 18.7. The van der Waals surface area contributed by atoms with Crippen LogP contribution in [0.2, 0.25) is 0 Å². The fourth-order valence-corrected chi connectivity index (χ4v) is 4.78. The number of nitrogens with zero attached hydrogens (tertiary/aromatic N) is 2. The fraction of sp³-hybridized carbons (Fsp3) is 0.333. The zero-order chi connectivity index (χ0) is 20.7. The summed E-state index contributed by atoms with van der Waals surface area (Å²) < 4.78 is 0. The number of H-pyrrole nitrogens is 1. The fourth-order valence-electron chi connectivity index (χ4n) is 4.78. The van der Waals surface area contributed by atoms with Crippen LogP contribution in [-0.4, -0.2) is 45.9 Å². The molecule has 0 unspecified atom stereocenters. The summed E-state index contributed by atoms with van der Waals surface area (Å²) in [5, 5.41) is 4.21. The van der Waals surface area contributed by atoms with Gasteiger partial charge < -0.3 is 20.1 Å². The van der Waals surface area contributed by atoms with Crippen LogP contribution in [0.25, 0.3) is 10.9 Å². The van der Waals surface area contributed by atoms with E-state index < -0.39 is 0 Å². The molecule has 0 saturated carbocycles. The SMILES string of the molecule is Cc1cccc(NC(=O)N2CCC[C@@H]2C(=O)N2CCc3c([nH]c4ccccc34)C2)c1. The summed E-state index contributed by atoms with van der Waals surface area (Å²) in [6.45, 7) is 3.87. The zero-order valence-corrected chi connectivity index (χ0v) is 17.1. The number of amides is 3. The molecule has 154 valence electrons. The molecule has 0 radical (unpaired) electrons. The van der Waals surface area contributed by atoms with Gasteiger partial charge in [0.25, 0.3) is 0 Å². The Hall–Kier alpha value is -3.28. The predicted molar refractivity (Wildman–Crippen MR) is 117 cm³/mol. The topological polar surface area (TPSA) is 68.4 Å². The number of hydrogen-bond donors (Lipinski definition) is 2.